The van der Waals surface area contributed by atoms with Gasteiger partial charge in [0.25, 0.3) is 0 Å². The Hall–Kier alpha value is -2.03. The highest BCUT2D eigenvalue weighted by molar-refractivity contribution is 7.60. The van der Waals surface area contributed by atoms with E-state index >= 15 is 0 Å². The minimum Gasteiger partial charge on any atom is -0.373 e. The lowest BCUT2D eigenvalue weighted by atomic mass is 9.43. The first-order chi connectivity index (χ1) is 26.2. The summed E-state index contributed by atoms with van der Waals surface area (Å²) in [6, 6.07) is 37.4. The van der Waals surface area contributed by atoms with E-state index in [0.717, 1.165) is 53.5 Å². The van der Waals surface area contributed by atoms with Crippen LogP contribution in [0.15, 0.2) is 91.0 Å². The highest BCUT2D eigenvalue weighted by Gasteiger charge is 2.75. The molecular formula is C49H58NO2P. The normalized spacial score (nSPS) is 52.6. The molecule has 3 nitrogen and oxygen atoms in total. The van der Waals surface area contributed by atoms with E-state index in [1.165, 1.54) is 69.8 Å². The van der Waals surface area contributed by atoms with Crippen LogP contribution in [0.5, 0.6) is 0 Å². The number of hydrogen-bond donors (Lipinski definition) is 0. The predicted molar refractivity (Wildman–Crippen MR) is 213 cm³/mol. The molecule has 0 spiro atoms. The molecule has 4 heteroatoms. The van der Waals surface area contributed by atoms with Crippen LogP contribution in [0, 0.1) is 41.4 Å². The zero-order chi connectivity index (χ0) is 34.5. The van der Waals surface area contributed by atoms with Crippen molar-refractivity contribution in [1.29, 1.82) is 0 Å². The van der Waals surface area contributed by atoms with Crippen LogP contribution in [0.4, 0.5) is 0 Å². The average molecular weight is 724 g/mol. The molecule has 6 saturated carbocycles. The molecule has 10 aliphatic rings. The fraction of sp³-hybridized carbons (Fsp3) is 0.633. The molecule has 0 bridgehead atoms. The van der Waals surface area contributed by atoms with Gasteiger partial charge in [-0.1, -0.05) is 106 Å². The predicted octanol–water partition coefficient (Wildman–Crippen LogP) is 10.2. The molecule has 276 valence electrons. The van der Waals surface area contributed by atoms with Crippen LogP contribution in [-0.4, -0.2) is 64.4 Å². The third kappa shape index (κ3) is 4.38. The summed E-state index contributed by atoms with van der Waals surface area (Å²) < 4.78 is 15.9. The van der Waals surface area contributed by atoms with Crippen LogP contribution in [0.1, 0.15) is 106 Å². The minimum absolute atomic E-state index is 0.282. The van der Waals surface area contributed by atoms with Crippen LogP contribution in [0.3, 0.4) is 0 Å². The second kappa shape index (κ2) is 12.0. The van der Waals surface area contributed by atoms with Gasteiger partial charge in [-0.3, -0.25) is 4.90 Å². The van der Waals surface area contributed by atoms with Gasteiger partial charge in [0.2, 0.25) is 0 Å². The van der Waals surface area contributed by atoms with Crippen molar-refractivity contribution in [2.45, 2.75) is 148 Å². The highest BCUT2D eigenvalue weighted by Crippen LogP contribution is 2.78. The molecule has 4 aliphatic heterocycles. The number of nitrogens with zero attached hydrogens (tertiary/aromatic N) is 1. The van der Waals surface area contributed by atoms with Crippen molar-refractivity contribution in [2.75, 3.05) is 0 Å². The van der Waals surface area contributed by atoms with Gasteiger partial charge in [-0.2, -0.15) is 0 Å². The summed E-state index contributed by atoms with van der Waals surface area (Å²) in [5, 5.41) is 0. The Bertz CT molecular complexity index is 1840. The zero-order valence-electron chi connectivity index (χ0n) is 31.5. The number of rotatable bonds is 3. The smallest absolute Gasteiger partial charge is 0.0733 e. The first-order valence-corrected chi connectivity index (χ1v) is 23.8. The summed E-state index contributed by atoms with van der Waals surface area (Å²) in [7, 11) is -0.282. The summed E-state index contributed by atoms with van der Waals surface area (Å²) in [6.07, 6.45) is 15.2. The van der Waals surface area contributed by atoms with E-state index in [0.29, 0.717) is 65.2 Å². The largest absolute Gasteiger partial charge is 0.373 e. The summed E-state index contributed by atoms with van der Waals surface area (Å²) in [4.78, 5) is 3.41. The van der Waals surface area contributed by atoms with Gasteiger partial charge in [0.15, 0.2) is 0 Å². The second-order valence-electron chi connectivity index (χ2n) is 19.9. The maximum absolute atomic E-state index is 8.02. The molecule has 4 heterocycles. The van der Waals surface area contributed by atoms with Gasteiger partial charge in [0.1, 0.15) is 0 Å². The number of ether oxygens (including phenoxy) is 2. The average Bonchev–Trinajstić information content (AvgIpc) is 3.21. The zero-order valence-corrected chi connectivity index (χ0v) is 32.4. The molecule has 21 unspecified atom stereocenters. The Kier molecular flexibility index (Phi) is 7.26. The van der Waals surface area contributed by atoms with E-state index in [1.54, 1.807) is 11.1 Å². The van der Waals surface area contributed by atoms with Crippen LogP contribution in [0.2, 0.25) is 0 Å². The first-order valence-electron chi connectivity index (χ1n) is 22.2. The van der Waals surface area contributed by atoms with Gasteiger partial charge >= 0.3 is 0 Å². The van der Waals surface area contributed by atoms with E-state index in [1.807, 2.05) is 0 Å². The van der Waals surface area contributed by atoms with Crippen molar-refractivity contribution in [3.8, 4) is 0 Å². The molecule has 21 atom stereocenters. The molecule has 13 rings (SSSR count). The van der Waals surface area contributed by atoms with Crippen molar-refractivity contribution in [3.05, 3.63) is 108 Å². The van der Waals surface area contributed by atoms with Crippen molar-refractivity contribution in [3.63, 3.8) is 0 Å². The van der Waals surface area contributed by atoms with E-state index < -0.39 is 0 Å². The van der Waals surface area contributed by atoms with E-state index in [9.17, 15) is 0 Å². The fourth-order valence-electron chi connectivity index (χ4n) is 16.9. The van der Waals surface area contributed by atoms with E-state index in [-0.39, 0.29) is 7.92 Å². The van der Waals surface area contributed by atoms with Crippen LogP contribution in [-0.2, 0) is 9.47 Å². The van der Waals surface area contributed by atoms with Crippen LogP contribution >= 0.6 is 7.92 Å². The monoisotopic (exact) mass is 723 g/mol. The third-order valence-corrected chi connectivity index (χ3v) is 22.3. The Labute approximate surface area is 318 Å². The van der Waals surface area contributed by atoms with Gasteiger partial charge < -0.3 is 9.47 Å². The summed E-state index contributed by atoms with van der Waals surface area (Å²) in [5.41, 5.74) is 6.62. The molecule has 53 heavy (non-hydrogen) atoms. The van der Waals surface area contributed by atoms with Crippen molar-refractivity contribution < 1.29 is 9.47 Å². The minimum atomic E-state index is -0.282. The summed E-state index contributed by atoms with van der Waals surface area (Å²) in [6.45, 7) is 2.66. The highest BCUT2D eigenvalue weighted by atomic mass is 31.1. The lowest BCUT2D eigenvalue weighted by Gasteiger charge is -2.78. The Morgan fingerprint density at radius 3 is 1.92 bits per heavy atom. The van der Waals surface area contributed by atoms with Gasteiger partial charge in [0.05, 0.1) is 24.4 Å². The third-order valence-electron chi connectivity index (χ3n) is 18.3. The lowest BCUT2D eigenvalue weighted by Crippen LogP contribution is -2.82. The Morgan fingerprint density at radius 2 is 1.19 bits per heavy atom. The SMILES string of the molecule is CC1CCC2C3C1CCC1CCC4C(c5ccccc5)C5OC6CC(c7ccccc7)CC7OC8C(c9ccccc9)CCC9C8P(C76)C5C(C4C13)N29. The quantitative estimate of drug-likeness (QED) is 0.251. The molecule has 0 aromatic heterocycles. The Morgan fingerprint density at radius 1 is 0.547 bits per heavy atom. The topological polar surface area (TPSA) is 21.7 Å². The van der Waals surface area contributed by atoms with Gasteiger partial charge in [-0.25, -0.2) is 0 Å². The number of hydrogen-bond acceptors (Lipinski definition) is 3. The van der Waals surface area contributed by atoms with Gasteiger partial charge in [-0.05, 0) is 128 Å². The molecule has 10 fully saturated rings. The van der Waals surface area contributed by atoms with Gasteiger partial charge in [-0.15, -0.1) is 0 Å². The van der Waals surface area contributed by atoms with E-state index in [2.05, 4.69) is 103 Å². The van der Waals surface area contributed by atoms with Crippen molar-refractivity contribution >= 4 is 7.92 Å². The summed E-state index contributed by atoms with van der Waals surface area (Å²) >= 11 is 0. The molecule has 3 aromatic carbocycles. The first kappa shape index (κ1) is 32.1. The lowest BCUT2D eigenvalue weighted by molar-refractivity contribution is -0.237. The molecule has 0 radical (unpaired) electrons. The molecule has 6 aliphatic carbocycles. The number of piperidine rings is 1. The number of fused-ring (bicyclic) bond motifs is 2. The summed E-state index contributed by atoms with van der Waals surface area (Å²) in [5.74, 6) is 7.84. The molecule has 4 saturated heterocycles. The molecule has 0 N–H and O–H groups in total. The Balaban J connectivity index is 1.02. The van der Waals surface area contributed by atoms with Crippen LogP contribution in [0.25, 0.3) is 0 Å². The van der Waals surface area contributed by atoms with Crippen LogP contribution < -0.4 is 0 Å². The van der Waals surface area contributed by atoms with Crippen molar-refractivity contribution in [2.24, 2.45) is 41.4 Å². The standard InChI is InChI=1S/C49H58NO2P/c1-27-17-23-36-42-33(27)20-18-31-19-21-35-40(30-15-9-4-10-16-30)46-49-44(43(35)41(31)42)50(36)37-24-22-34(29-13-7-3-8-14-29)45-47(37)53(49)48-38(51-45)25-32(26-39(48)52-46)28-11-5-2-6-12-28/h2-16,27,31-49H,17-26H2,1H3. The molecule has 3 aromatic rings. The maximum atomic E-state index is 8.02. The van der Waals surface area contributed by atoms with Crippen molar-refractivity contribution in [1.82, 2.24) is 4.90 Å². The molecular weight excluding hydrogens is 666 g/mol. The second-order valence-corrected chi connectivity index (χ2v) is 22.6. The molecule has 0 amide bonds. The maximum Gasteiger partial charge on any atom is 0.0733 e. The number of benzene rings is 3. The van der Waals surface area contributed by atoms with E-state index in [4.69, 9.17) is 9.47 Å². The van der Waals surface area contributed by atoms with Gasteiger partial charge in [0, 0.05) is 46.9 Å². The fourth-order valence-corrected chi connectivity index (χ4v) is 21.9.